The first-order valence-corrected chi connectivity index (χ1v) is 7.11. The van der Waals surface area contributed by atoms with E-state index in [0.717, 1.165) is 10.9 Å². The number of nitrogens with one attached hydrogen (secondary N) is 2. The van der Waals surface area contributed by atoms with Gasteiger partial charge in [0.1, 0.15) is 5.69 Å². The zero-order chi connectivity index (χ0) is 15.5. The Morgan fingerprint density at radius 1 is 1.24 bits per heavy atom. The van der Waals surface area contributed by atoms with Crippen molar-refractivity contribution in [2.75, 3.05) is 0 Å². The first kappa shape index (κ1) is 15.1. The molecule has 0 fully saturated rings. The summed E-state index contributed by atoms with van der Waals surface area (Å²) in [6.45, 7) is 3.77. The van der Waals surface area contributed by atoms with Gasteiger partial charge in [-0.15, -0.1) is 0 Å². The molecule has 1 aromatic carbocycles. The maximum Gasteiger partial charge on any atom is 0.305 e. The predicted molar refractivity (Wildman–Crippen MR) is 81.3 cm³/mol. The minimum absolute atomic E-state index is 0.0774. The van der Waals surface area contributed by atoms with E-state index in [4.69, 9.17) is 5.11 Å². The maximum absolute atomic E-state index is 12.4. The van der Waals surface area contributed by atoms with Crippen LogP contribution in [-0.4, -0.2) is 27.5 Å². The molecule has 1 heterocycles. The molecule has 0 aliphatic carbocycles. The van der Waals surface area contributed by atoms with Crippen molar-refractivity contribution in [2.45, 2.75) is 38.6 Å². The van der Waals surface area contributed by atoms with E-state index in [1.807, 2.05) is 38.1 Å². The van der Waals surface area contributed by atoms with Crippen LogP contribution in [0, 0.1) is 0 Å². The molecule has 0 spiro atoms. The lowest BCUT2D eigenvalue weighted by Gasteiger charge is -2.31. The number of fused-ring (bicyclic) bond motifs is 1. The van der Waals surface area contributed by atoms with Gasteiger partial charge in [0.05, 0.1) is 12.0 Å². The van der Waals surface area contributed by atoms with E-state index in [-0.39, 0.29) is 12.3 Å². The Morgan fingerprint density at radius 2 is 1.90 bits per heavy atom. The van der Waals surface area contributed by atoms with Crippen LogP contribution < -0.4 is 5.32 Å². The van der Waals surface area contributed by atoms with Crippen LogP contribution >= 0.6 is 0 Å². The van der Waals surface area contributed by atoms with Gasteiger partial charge in [0, 0.05) is 10.9 Å². The SMILES string of the molecule is CCC(CC)(CC(=O)O)NC(=O)c1cc2ccccc2[nH]1. The summed E-state index contributed by atoms with van der Waals surface area (Å²) in [4.78, 5) is 26.5. The van der Waals surface area contributed by atoms with Gasteiger partial charge in [0.15, 0.2) is 0 Å². The molecule has 0 unspecified atom stereocenters. The van der Waals surface area contributed by atoms with Crippen LogP contribution in [0.25, 0.3) is 10.9 Å². The highest BCUT2D eigenvalue weighted by Gasteiger charge is 2.31. The summed E-state index contributed by atoms with van der Waals surface area (Å²) in [6, 6.07) is 9.41. The second kappa shape index (κ2) is 5.99. The molecule has 2 aromatic rings. The van der Waals surface area contributed by atoms with Crippen molar-refractivity contribution >= 4 is 22.8 Å². The molecule has 21 heavy (non-hydrogen) atoms. The smallest absolute Gasteiger partial charge is 0.305 e. The number of carboxylic acids is 1. The van der Waals surface area contributed by atoms with E-state index in [0.29, 0.717) is 18.5 Å². The van der Waals surface area contributed by atoms with E-state index >= 15 is 0 Å². The number of carbonyl (C=O) groups excluding carboxylic acids is 1. The molecular weight excluding hydrogens is 268 g/mol. The van der Waals surface area contributed by atoms with E-state index in [1.54, 1.807) is 6.07 Å². The van der Waals surface area contributed by atoms with Crippen LogP contribution in [0.4, 0.5) is 0 Å². The molecule has 1 amide bonds. The molecule has 112 valence electrons. The minimum Gasteiger partial charge on any atom is -0.481 e. The normalized spacial score (nSPS) is 11.5. The van der Waals surface area contributed by atoms with Crippen molar-refractivity contribution < 1.29 is 14.7 Å². The number of hydrogen-bond acceptors (Lipinski definition) is 2. The highest BCUT2D eigenvalue weighted by atomic mass is 16.4. The fourth-order valence-electron chi connectivity index (χ4n) is 2.51. The fourth-order valence-corrected chi connectivity index (χ4v) is 2.51. The molecule has 0 bridgehead atoms. The van der Waals surface area contributed by atoms with Crippen molar-refractivity contribution in [3.63, 3.8) is 0 Å². The number of aliphatic carboxylic acids is 1. The Balaban J connectivity index is 2.24. The summed E-state index contributed by atoms with van der Waals surface area (Å²) in [5, 5.41) is 12.9. The summed E-state index contributed by atoms with van der Waals surface area (Å²) in [5.74, 6) is -1.17. The molecule has 2 rings (SSSR count). The Hall–Kier alpha value is -2.30. The highest BCUT2D eigenvalue weighted by Crippen LogP contribution is 2.21. The lowest BCUT2D eigenvalue weighted by molar-refractivity contribution is -0.138. The average molecular weight is 288 g/mol. The highest BCUT2D eigenvalue weighted by molar-refractivity contribution is 5.98. The van der Waals surface area contributed by atoms with Crippen molar-refractivity contribution in [3.8, 4) is 0 Å². The molecule has 0 saturated heterocycles. The van der Waals surface area contributed by atoms with Crippen LogP contribution in [-0.2, 0) is 4.79 Å². The van der Waals surface area contributed by atoms with Crippen LogP contribution in [0.3, 0.4) is 0 Å². The predicted octanol–water partition coefficient (Wildman–Crippen LogP) is 2.93. The van der Waals surface area contributed by atoms with Crippen molar-refractivity contribution in [3.05, 3.63) is 36.0 Å². The van der Waals surface area contributed by atoms with Gasteiger partial charge in [0.25, 0.3) is 5.91 Å². The van der Waals surface area contributed by atoms with Gasteiger partial charge < -0.3 is 15.4 Å². The third-order valence-electron chi connectivity index (χ3n) is 4.00. The molecule has 0 radical (unpaired) electrons. The van der Waals surface area contributed by atoms with Gasteiger partial charge in [-0.25, -0.2) is 0 Å². The number of carboxylic acid groups (broad SMARTS) is 1. The Morgan fingerprint density at radius 3 is 2.48 bits per heavy atom. The summed E-state index contributed by atoms with van der Waals surface area (Å²) in [6.07, 6.45) is 1.06. The zero-order valence-corrected chi connectivity index (χ0v) is 12.3. The second-order valence-electron chi connectivity index (χ2n) is 5.28. The summed E-state index contributed by atoms with van der Waals surface area (Å²) < 4.78 is 0. The lowest BCUT2D eigenvalue weighted by atomic mass is 9.89. The van der Waals surface area contributed by atoms with Crippen molar-refractivity contribution in [2.24, 2.45) is 0 Å². The number of carbonyl (C=O) groups is 2. The number of rotatable bonds is 6. The first-order valence-electron chi connectivity index (χ1n) is 7.11. The molecule has 3 N–H and O–H groups in total. The number of para-hydroxylation sites is 1. The second-order valence-corrected chi connectivity index (χ2v) is 5.28. The molecule has 0 aliphatic heterocycles. The molecule has 5 nitrogen and oxygen atoms in total. The summed E-state index contributed by atoms with van der Waals surface area (Å²) in [5.41, 5.74) is 0.632. The van der Waals surface area contributed by atoms with Gasteiger partial charge in [-0.05, 0) is 25.0 Å². The van der Waals surface area contributed by atoms with E-state index in [1.165, 1.54) is 0 Å². The average Bonchev–Trinajstić information content (AvgIpc) is 2.90. The minimum atomic E-state index is -0.907. The topological polar surface area (TPSA) is 82.2 Å². The quantitative estimate of drug-likeness (QED) is 0.764. The maximum atomic E-state index is 12.4. The number of aromatic amines is 1. The molecule has 0 atom stereocenters. The van der Waals surface area contributed by atoms with E-state index in [9.17, 15) is 9.59 Å². The standard InChI is InChI=1S/C16H20N2O3/c1-3-16(4-2,10-14(19)20)18-15(21)13-9-11-7-5-6-8-12(11)17-13/h5-9,17H,3-4,10H2,1-2H3,(H,18,21)(H,19,20). The van der Waals surface area contributed by atoms with Crippen LogP contribution in [0.2, 0.25) is 0 Å². The van der Waals surface area contributed by atoms with Gasteiger partial charge in [-0.1, -0.05) is 32.0 Å². The molecular formula is C16H20N2O3. The van der Waals surface area contributed by atoms with Gasteiger partial charge in [-0.3, -0.25) is 9.59 Å². The van der Waals surface area contributed by atoms with E-state index in [2.05, 4.69) is 10.3 Å². The third-order valence-corrected chi connectivity index (χ3v) is 4.00. The monoisotopic (exact) mass is 288 g/mol. The molecule has 0 aliphatic rings. The molecule has 5 heteroatoms. The number of amides is 1. The third kappa shape index (κ3) is 3.24. The van der Waals surface area contributed by atoms with Gasteiger partial charge in [-0.2, -0.15) is 0 Å². The Labute approximate surface area is 123 Å². The Kier molecular flexibility index (Phi) is 4.31. The number of benzene rings is 1. The van der Waals surface area contributed by atoms with Gasteiger partial charge in [0.2, 0.25) is 0 Å². The Bertz CT molecular complexity index is 623. The molecule has 0 saturated carbocycles. The number of aromatic nitrogens is 1. The van der Waals surface area contributed by atoms with Crippen LogP contribution in [0.1, 0.15) is 43.6 Å². The van der Waals surface area contributed by atoms with Crippen molar-refractivity contribution in [1.82, 2.24) is 10.3 Å². The first-order chi connectivity index (χ1) is 9.99. The lowest BCUT2D eigenvalue weighted by Crippen LogP contribution is -2.49. The van der Waals surface area contributed by atoms with Gasteiger partial charge >= 0.3 is 5.97 Å². The van der Waals surface area contributed by atoms with Crippen LogP contribution in [0.15, 0.2) is 30.3 Å². The zero-order valence-electron chi connectivity index (χ0n) is 12.3. The van der Waals surface area contributed by atoms with Crippen molar-refractivity contribution in [1.29, 1.82) is 0 Å². The summed E-state index contributed by atoms with van der Waals surface area (Å²) >= 11 is 0. The number of hydrogen-bond donors (Lipinski definition) is 3. The molecule has 1 aromatic heterocycles. The van der Waals surface area contributed by atoms with Crippen LogP contribution in [0.5, 0.6) is 0 Å². The summed E-state index contributed by atoms with van der Waals surface area (Å²) in [7, 11) is 0. The number of H-pyrrole nitrogens is 1. The van der Waals surface area contributed by atoms with E-state index < -0.39 is 11.5 Å². The fraction of sp³-hybridized carbons (Fsp3) is 0.375. The largest absolute Gasteiger partial charge is 0.481 e.